The molecule has 6 nitrogen and oxygen atoms in total. The molecule has 2 N–H and O–H groups in total. The van der Waals surface area contributed by atoms with Crippen LogP contribution >= 0.6 is 0 Å². The predicted octanol–water partition coefficient (Wildman–Crippen LogP) is 3.25. The monoisotopic (exact) mass is 390 g/mol. The van der Waals surface area contributed by atoms with Crippen LogP contribution in [0, 0.1) is 13.8 Å². The second-order valence-corrected chi connectivity index (χ2v) is 7.10. The minimum atomic E-state index is -0.216. The zero-order chi connectivity index (χ0) is 20.4. The Hall–Kier alpha value is -3.54. The first-order chi connectivity index (χ1) is 14.0. The number of benzene rings is 2. The summed E-state index contributed by atoms with van der Waals surface area (Å²) in [7, 11) is 0. The largest absolute Gasteiger partial charge is 0.454 e. The number of hydrogen-bond acceptors (Lipinski definition) is 4. The van der Waals surface area contributed by atoms with Crippen LogP contribution < -0.4 is 20.3 Å². The number of rotatable bonds is 5. The quantitative estimate of drug-likeness (QED) is 0.656. The van der Waals surface area contributed by atoms with Crippen LogP contribution in [0.15, 0.2) is 47.3 Å². The smallest absolute Gasteiger partial charge is 0.251 e. The van der Waals surface area contributed by atoms with Gasteiger partial charge in [0.25, 0.3) is 5.56 Å². The Kier molecular flexibility index (Phi) is 5.08. The van der Waals surface area contributed by atoms with Gasteiger partial charge < -0.3 is 19.8 Å². The minimum Gasteiger partial charge on any atom is -0.454 e. The topological polar surface area (TPSA) is 80.4 Å². The molecule has 0 bridgehead atoms. The average molecular weight is 390 g/mol. The van der Waals surface area contributed by atoms with Gasteiger partial charge in [0.2, 0.25) is 12.7 Å². The van der Waals surface area contributed by atoms with E-state index in [0.29, 0.717) is 30.0 Å². The molecular weight excluding hydrogens is 368 g/mol. The third kappa shape index (κ3) is 4.01. The lowest BCUT2D eigenvalue weighted by atomic mass is 10.0. The van der Waals surface area contributed by atoms with Crippen molar-refractivity contribution in [3.63, 3.8) is 0 Å². The van der Waals surface area contributed by atoms with Crippen molar-refractivity contribution in [2.75, 3.05) is 13.3 Å². The molecule has 29 heavy (non-hydrogen) atoms. The number of fused-ring (bicyclic) bond motifs is 2. The fourth-order valence-corrected chi connectivity index (χ4v) is 3.37. The summed E-state index contributed by atoms with van der Waals surface area (Å²) in [5.74, 6) is 1.16. The van der Waals surface area contributed by atoms with Gasteiger partial charge in [0.1, 0.15) is 0 Å². The number of nitrogens with one attached hydrogen (secondary N) is 2. The van der Waals surface area contributed by atoms with Gasteiger partial charge in [-0.3, -0.25) is 9.59 Å². The van der Waals surface area contributed by atoms with Crippen LogP contribution in [0.25, 0.3) is 17.0 Å². The number of hydrogen-bond donors (Lipinski definition) is 2. The van der Waals surface area contributed by atoms with Gasteiger partial charge in [0.05, 0.1) is 5.52 Å². The highest BCUT2D eigenvalue weighted by Crippen LogP contribution is 2.32. The zero-order valence-corrected chi connectivity index (χ0v) is 16.4. The van der Waals surface area contributed by atoms with Crippen molar-refractivity contribution in [3.8, 4) is 11.5 Å². The van der Waals surface area contributed by atoms with Gasteiger partial charge >= 0.3 is 0 Å². The molecule has 0 fully saturated rings. The maximum atomic E-state index is 12.4. The van der Waals surface area contributed by atoms with Crippen LogP contribution in [-0.4, -0.2) is 24.2 Å². The highest BCUT2D eigenvalue weighted by atomic mass is 16.7. The molecule has 1 aromatic heterocycles. The van der Waals surface area contributed by atoms with E-state index in [2.05, 4.69) is 10.3 Å². The lowest BCUT2D eigenvalue weighted by Gasteiger charge is -2.08. The van der Waals surface area contributed by atoms with Crippen LogP contribution in [0.2, 0.25) is 0 Å². The van der Waals surface area contributed by atoms with Crippen molar-refractivity contribution in [3.05, 3.63) is 75.1 Å². The van der Waals surface area contributed by atoms with Crippen LogP contribution in [-0.2, 0) is 11.2 Å². The molecule has 0 spiro atoms. The summed E-state index contributed by atoms with van der Waals surface area (Å²) in [5, 5.41) is 3.86. The molecule has 2 heterocycles. The Balaban J connectivity index is 1.38. The number of pyridine rings is 1. The molecule has 0 saturated carbocycles. The molecule has 0 aliphatic carbocycles. The van der Waals surface area contributed by atoms with Gasteiger partial charge in [-0.05, 0) is 61.2 Å². The zero-order valence-electron chi connectivity index (χ0n) is 16.4. The van der Waals surface area contributed by atoms with Crippen LogP contribution in [0.3, 0.4) is 0 Å². The summed E-state index contributed by atoms with van der Waals surface area (Å²) in [6.45, 7) is 4.59. The van der Waals surface area contributed by atoms with E-state index >= 15 is 0 Å². The molecule has 0 atom stereocenters. The van der Waals surface area contributed by atoms with Crippen LogP contribution in [0.1, 0.15) is 22.3 Å². The highest BCUT2D eigenvalue weighted by molar-refractivity contribution is 5.91. The molecule has 0 radical (unpaired) electrons. The Morgan fingerprint density at radius 2 is 1.90 bits per heavy atom. The molecule has 0 unspecified atom stereocenters. The van der Waals surface area contributed by atoms with Crippen molar-refractivity contribution in [2.45, 2.75) is 20.3 Å². The Morgan fingerprint density at radius 1 is 1.10 bits per heavy atom. The van der Waals surface area contributed by atoms with Crippen LogP contribution in [0.5, 0.6) is 11.5 Å². The number of H-pyrrole nitrogens is 1. The van der Waals surface area contributed by atoms with E-state index in [1.807, 2.05) is 50.2 Å². The maximum absolute atomic E-state index is 12.4. The third-order valence-electron chi connectivity index (χ3n) is 5.04. The molecule has 0 saturated heterocycles. The van der Waals surface area contributed by atoms with Gasteiger partial charge in [0.15, 0.2) is 11.5 Å². The molecule has 1 aliphatic heterocycles. The molecule has 3 aromatic rings. The lowest BCUT2D eigenvalue weighted by molar-refractivity contribution is -0.116. The van der Waals surface area contributed by atoms with Crippen LogP contribution in [0.4, 0.5) is 0 Å². The fourth-order valence-electron chi connectivity index (χ4n) is 3.37. The number of aromatic nitrogens is 1. The molecule has 6 heteroatoms. The van der Waals surface area contributed by atoms with Gasteiger partial charge in [-0.1, -0.05) is 18.2 Å². The average Bonchev–Trinajstić information content (AvgIpc) is 3.18. The third-order valence-corrected chi connectivity index (χ3v) is 5.04. The molecule has 1 aliphatic rings. The van der Waals surface area contributed by atoms with Crippen molar-refractivity contribution < 1.29 is 14.3 Å². The van der Waals surface area contributed by atoms with Gasteiger partial charge in [-0.15, -0.1) is 0 Å². The minimum absolute atomic E-state index is 0.114. The number of aryl methyl sites for hydroxylation is 2. The summed E-state index contributed by atoms with van der Waals surface area (Å²) in [4.78, 5) is 27.4. The summed E-state index contributed by atoms with van der Waals surface area (Å²) in [6, 6.07) is 11.5. The van der Waals surface area contributed by atoms with Gasteiger partial charge in [0, 0.05) is 23.6 Å². The van der Waals surface area contributed by atoms with E-state index in [1.165, 1.54) is 6.08 Å². The van der Waals surface area contributed by atoms with Gasteiger partial charge in [-0.25, -0.2) is 0 Å². The predicted molar refractivity (Wildman–Crippen MR) is 112 cm³/mol. The van der Waals surface area contributed by atoms with Crippen molar-refractivity contribution in [2.24, 2.45) is 0 Å². The number of aromatic amines is 1. The first kappa shape index (κ1) is 18.8. The second-order valence-electron chi connectivity index (χ2n) is 7.10. The Labute approximate surface area is 168 Å². The standard InChI is InChI=1S/C23H22N2O4/c1-14-3-4-15(2)22-18(14)12-17(23(27)25-22)9-10-24-21(26)8-6-16-5-7-19-20(11-16)29-13-28-19/h3-8,11-12H,9-10,13H2,1-2H3,(H,24,26)(H,25,27)/b8-6-. The van der Waals surface area contributed by atoms with Gasteiger partial charge in [-0.2, -0.15) is 0 Å². The molecule has 2 aromatic carbocycles. The van der Waals surface area contributed by atoms with E-state index in [9.17, 15) is 9.59 Å². The number of ether oxygens (including phenoxy) is 2. The van der Waals surface area contributed by atoms with E-state index in [4.69, 9.17) is 9.47 Å². The van der Waals surface area contributed by atoms with E-state index in [-0.39, 0.29) is 18.3 Å². The van der Waals surface area contributed by atoms with E-state index in [1.54, 1.807) is 6.08 Å². The first-order valence-corrected chi connectivity index (χ1v) is 9.49. The van der Waals surface area contributed by atoms with Crippen molar-refractivity contribution >= 4 is 22.9 Å². The second kappa shape index (κ2) is 7.83. The summed E-state index contributed by atoms with van der Waals surface area (Å²) >= 11 is 0. The summed E-state index contributed by atoms with van der Waals surface area (Å²) in [6.07, 6.45) is 3.64. The number of amides is 1. The normalized spacial score (nSPS) is 12.6. The molecule has 148 valence electrons. The number of carbonyl (C=O) groups is 1. The fraction of sp³-hybridized carbons (Fsp3) is 0.217. The molecule has 4 rings (SSSR count). The first-order valence-electron chi connectivity index (χ1n) is 9.49. The van der Waals surface area contributed by atoms with Crippen molar-refractivity contribution in [1.82, 2.24) is 10.3 Å². The highest BCUT2D eigenvalue weighted by Gasteiger charge is 2.12. The summed E-state index contributed by atoms with van der Waals surface area (Å²) < 4.78 is 10.6. The van der Waals surface area contributed by atoms with E-state index in [0.717, 1.165) is 27.6 Å². The lowest BCUT2D eigenvalue weighted by Crippen LogP contribution is -2.25. The Bertz CT molecular complexity index is 1180. The molecular formula is C23H22N2O4. The SMILES string of the molecule is Cc1ccc(C)c2[nH]c(=O)c(CCNC(=O)/C=C\c3ccc4c(c3)OCO4)cc12. The van der Waals surface area contributed by atoms with Crippen molar-refractivity contribution in [1.29, 1.82) is 0 Å². The summed E-state index contributed by atoms with van der Waals surface area (Å²) in [5.41, 5.74) is 4.41. The number of carbonyl (C=O) groups excluding carboxylic acids is 1. The molecule has 1 amide bonds. The maximum Gasteiger partial charge on any atom is 0.251 e. The van der Waals surface area contributed by atoms with E-state index < -0.39 is 0 Å². The Morgan fingerprint density at radius 3 is 2.76 bits per heavy atom.